The van der Waals surface area contributed by atoms with E-state index in [0.29, 0.717) is 18.3 Å². The molecule has 1 heterocycles. The summed E-state index contributed by atoms with van der Waals surface area (Å²) in [5, 5.41) is 3.69. The summed E-state index contributed by atoms with van der Waals surface area (Å²) in [6.45, 7) is 6.24. The van der Waals surface area contributed by atoms with Crippen molar-refractivity contribution in [2.24, 2.45) is 5.73 Å². The van der Waals surface area contributed by atoms with Gasteiger partial charge in [0, 0.05) is 6.54 Å². The smallest absolute Gasteiger partial charge is 0.233 e. The Morgan fingerprint density at radius 3 is 2.55 bits per heavy atom. The van der Waals surface area contributed by atoms with Crippen molar-refractivity contribution in [3.8, 4) is 0 Å². The Bertz CT molecular complexity index is 242. The van der Waals surface area contributed by atoms with E-state index in [4.69, 9.17) is 10.3 Å². The first-order valence-corrected chi connectivity index (χ1v) is 3.57. The summed E-state index contributed by atoms with van der Waals surface area (Å²) in [4.78, 5) is 4.10. The second kappa shape index (κ2) is 2.62. The maximum absolute atomic E-state index is 5.52. The lowest BCUT2D eigenvalue weighted by Crippen LogP contribution is -2.28. The molecule has 1 aromatic rings. The first-order valence-electron chi connectivity index (χ1n) is 3.57. The van der Waals surface area contributed by atoms with Crippen molar-refractivity contribution >= 4 is 0 Å². The highest BCUT2D eigenvalue weighted by atomic mass is 16.5. The lowest BCUT2D eigenvalue weighted by atomic mass is 9.94. The third-order valence-corrected chi connectivity index (χ3v) is 1.62. The highest BCUT2D eigenvalue weighted by Gasteiger charge is 2.24. The van der Waals surface area contributed by atoms with Gasteiger partial charge in [0.1, 0.15) is 0 Å². The third kappa shape index (κ3) is 1.57. The highest BCUT2D eigenvalue weighted by molar-refractivity contribution is 5.00. The number of hydrogen-bond acceptors (Lipinski definition) is 4. The molecule has 2 N–H and O–H groups in total. The van der Waals surface area contributed by atoms with E-state index in [1.807, 2.05) is 13.8 Å². The SMILES string of the molecule is Cc1noc(C(C)(C)CN)n1. The van der Waals surface area contributed by atoms with Crippen LogP contribution >= 0.6 is 0 Å². The predicted molar refractivity (Wildman–Crippen MR) is 41.1 cm³/mol. The van der Waals surface area contributed by atoms with Gasteiger partial charge in [0.15, 0.2) is 5.82 Å². The molecule has 0 atom stereocenters. The van der Waals surface area contributed by atoms with E-state index >= 15 is 0 Å². The molecule has 0 amide bonds. The van der Waals surface area contributed by atoms with E-state index in [1.165, 1.54) is 0 Å². The van der Waals surface area contributed by atoms with Crippen LogP contribution in [0.25, 0.3) is 0 Å². The highest BCUT2D eigenvalue weighted by Crippen LogP contribution is 2.18. The Balaban J connectivity index is 2.92. The Kier molecular flexibility index (Phi) is 1.95. The Morgan fingerprint density at radius 2 is 2.18 bits per heavy atom. The van der Waals surface area contributed by atoms with Gasteiger partial charge >= 0.3 is 0 Å². The minimum Gasteiger partial charge on any atom is -0.339 e. The van der Waals surface area contributed by atoms with Crippen molar-refractivity contribution in [3.63, 3.8) is 0 Å². The molecule has 0 saturated carbocycles. The van der Waals surface area contributed by atoms with Crippen LogP contribution < -0.4 is 5.73 Å². The first-order chi connectivity index (χ1) is 5.06. The topological polar surface area (TPSA) is 64.9 Å². The van der Waals surface area contributed by atoms with Gasteiger partial charge in [-0.3, -0.25) is 0 Å². The minimum atomic E-state index is -0.207. The molecular formula is C7H13N3O. The quantitative estimate of drug-likeness (QED) is 0.679. The van der Waals surface area contributed by atoms with E-state index in [2.05, 4.69) is 10.1 Å². The number of aryl methyl sites for hydroxylation is 1. The van der Waals surface area contributed by atoms with Gasteiger partial charge in [0.05, 0.1) is 5.41 Å². The van der Waals surface area contributed by atoms with Crippen molar-refractivity contribution in [2.45, 2.75) is 26.2 Å². The standard InChI is InChI=1S/C7H13N3O/c1-5-9-6(11-10-5)7(2,3)4-8/h4,8H2,1-3H3. The summed E-state index contributed by atoms with van der Waals surface area (Å²) in [7, 11) is 0. The molecule has 0 unspecified atom stereocenters. The maximum atomic E-state index is 5.52. The van der Waals surface area contributed by atoms with Crippen LogP contribution in [0.15, 0.2) is 4.52 Å². The van der Waals surface area contributed by atoms with E-state index in [0.717, 1.165) is 0 Å². The number of nitrogens with zero attached hydrogens (tertiary/aromatic N) is 2. The lowest BCUT2D eigenvalue weighted by molar-refractivity contribution is 0.310. The zero-order valence-corrected chi connectivity index (χ0v) is 7.09. The Labute approximate surface area is 65.8 Å². The second-order valence-corrected chi connectivity index (χ2v) is 3.23. The molecule has 0 aliphatic heterocycles. The number of hydrogen-bond donors (Lipinski definition) is 1. The summed E-state index contributed by atoms with van der Waals surface area (Å²) in [5.41, 5.74) is 5.31. The molecule has 4 nitrogen and oxygen atoms in total. The average molecular weight is 155 g/mol. The molecule has 0 spiro atoms. The van der Waals surface area contributed by atoms with E-state index in [-0.39, 0.29) is 5.41 Å². The van der Waals surface area contributed by atoms with E-state index < -0.39 is 0 Å². The normalized spacial score (nSPS) is 12.0. The molecule has 0 radical (unpaired) electrons. The van der Waals surface area contributed by atoms with Crippen LogP contribution in [0.4, 0.5) is 0 Å². The summed E-state index contributed by atoms with van der Waals surface area (Å²) in [6.07, 6.45) is 0. The summed E-state index contributed by atoms with van der Waals surface area (Å²) >= 11 is 0. The largest absolute Gasteiger partial charge is 0.339 e. The summed E-state index contributed by atoms with van der Waals surface area (Å²) < 4.78 is 4.98. The van der Waals surface area contributed by atoms with Crippen LogP contribution in [0.2, 0.25) is 0 Å². The summed E-state index contributed by atoms with van der Waals surface area (Å²) in [6, 6.07) is 0. The predicted octanol–water partition coefficient (Wildman–Crippen LogP) is 0.614. The number of rotatable bonds is 2. The Hall–Kier alpha value is -0.900. The van der Waals surface area contributed by atoms with Crippen LogP contribution in [0.5, 0.6) is 0 Å². The van der Waals surface area contributed by atoms with Gasteiger partial charge in [-0.1, -0.05) is 5.16 Å². The molecule has 0 aliphatic carbocycles. The molecule has 0 saturated heterocycles. The van der Waals surface area contributed by atoms with Gasteiger partial charge in [-0.25, -0.2) is 0 Å². The molecule has 1 rings (SSSR count). The summed E-state index contributed by atoms with van der Waals surface area (Å²) in [5.74, 6) is 1.26. The zero-order valence-electron chi connectivity index (χ0n) is 7.09. The third-order valence-electron chi connectivity index (χ3n) is 1.62. The van der Waals surface area contributed by atoms with Gasteiger partial charge < -0.3 is 10.3 Å². The van der Waals surface area contributed by atoms with Crippen molar-refractivity contribution in [2.75, 3.05) is 6.54 Å². The van der Waals surface area contributed by atoms with Crippen LogP contribution in [0, 0.1) is 6.92 Å². The fraction of sp³-hybridized carbons (Fsp3) is 0.714. The van der Waals surface area contributed by atoms with Crippen LogP contribution in [-0.2, 0) is 5.41 Å². The van der Waals surface area contributed by atoms with Gasteiger partial charge in [0.25, 0.3) is 0 Å². The zero-order chi connectivity index (χ0) is 8.48. The molecule has 1 aromatic heterocycles. The molecule has 0 fully saturated rings. The van der Waals surface area contributed by atoms with Gasteiger partial charge in [0.2, 0.25) is 5.89 Å². The molecule has 0 aromatic carbocycles. The van der Waals surface area contributed by atoms with Crippen LogP contribution in [0.1, 0.15) is 25.6 Å². The molecule has 0 bridgehead atoms. The van der Waals surface area contributed by atoms with Gasteiger partial charge in [-0.2, -0.15) is 4.98 Å². The van der Waals surface area contributed by atoms with Crippen molar-refractivity contribution in [3.05, 3.63) is 11.7 Å². The van der Waals surface area contributed by atoms with Crippen molar-refractivity contribution in [1.29, 1.82) is 0 Å². The van der Waals surface area contributed by atoms with E-state index in [1.54, 1.807) is 6.92 Å². The van der Waals surface area contributed by atoms with E-state index in [9.17, 15) is 0 Å². The fourth-order valence-electron chi connectivity index (χ4n) is 0.659. The molecule has 62 valence electrons. The van der Waals surface area contributed by atoms with Gasteiger partial charge in [-0.15, -0.1) is 0 Å². The lowest BCUT2D eigenvalue weighted by Gasteiger charge is -2.15. The number of nitrogens with two attached hydrogens (primary N) is 1. The maximum Gasteiger partial charge on any atom is 0.233 e. The Morgan fingerprint density at radius 1 is 1.55 bits per heavy atom. The minimum absolute atomic E-state index is 0.207. The van der Waals surface area contributed by atoms with Crippen molar-refractivity contribution < 1.29 is 4.52 Å². The monoisotopic (exact) mass is 155 g/mol. The van der Waals surface area contributed by atoms with Crippen LogP contribution in [0.3, 0.4) is 0 Å². The molecule has 0 aliphatic rings. The molecule has 4 heteroatoms. The fourth-order valence-corrected chi connectivity index (χ4v) is 0.659. The first kappa shape index (κ1) is 8.20. The number of aromatic nitrogens is 2. The van der Waals surface area contributed by atoms with Crippen molar-refractivity contribution in [1.82, 2.24) is 10.1 Å². The van der Waals surface area contributed by atoms with Gasteiger partial charge in [-0.05, 0) is 20.8 Å². The average Bonchev–Trinajstić information content (AvgIpc) is 2.36. The van der Waals surface area contributed by atoms with Crippen LogP contribution in [-0.4, -0.2) is 16.7 Å². The second-order valence-electron chi connectivity index (χ2n) is 3.23. The molecular weight excluding hydrogens is 142 g/mol. The molecule has 11 heavy (non-hydrogen) atoms.